The molecule has 1 saturated carbocycles. The summed E-state index contributed by atoms with van der Waals surface area (Å²) >= 11 is 0. The maximum absolute atomic E-state index is 11.6. The number of hydrogen-bond acceptors (Lipinski definition) is 2. The summed E-state index contributed by atoms with van der Waals surface area (Å²) < 4.78 is 5.25. The van der Waals surface area contributed by atoms with Crippen molar-refractivity contribution >= 4 is 5.91 Å². The topological polar surface area (TPSA) is 29.5 Å². The Balaban J connectivity index is 2.36. The third-order valence-corrected chi connectivity index (χ3v) is 2.80. The number of nitrogens with zero attached hydrogens (tertiary/aromatic N) is 1. The van der Waals surface area contributed by atoms with Gasteiger partial charge in [0, 0.05) is 27.1 Å². The monoisotopic (exact) mass is 185 g/mol. The van der Waals surface area contributed by atoms with Crippen LogP contribution in [-0.2, 0) is 9.53 Å². The smallest absolute Gasteiger partial charge is 0.225 e. The molecule has 0 spiro atoms. The lowest BCUT2D eigenvalue weighted by Crippen LogP contribution is -2.33. The number of amides is 1. The van der Waals surface area contributed by atoms with Gasteiger partial charge >= 0.3 is 0 Å². The van der Waals surface area contributed by atoms with Gasteiger partial charge in [0.25, 0.3) is 0 Å². The average Bonchev–Trinajstić information content (AvgIpc) is 2.17. The Bertz CT molecular complexity index is 172. The first kappa shape index (κ1) is 10.5. The highest BCUT2D eigenvalue weighted by atomic mass is 16.5. The molecule has 13 heavy (non-hydrogen) atoms. The van der Waals surface area contributed by atoms with E-state index in [4.69, 9.17) is 4.74 Å². The van der Waals surface area contributed by atoms with E-state index in [1.165, 1.54) is 0 Å². The Morgan fingerprint density at radius 2 is 1.77 bits per heavy atom. The van der Waals surface area contributed by atoms with Crippen molar-refractivity contribution < 1.29 is 9.53 Å². The maximum atomic E-state index is 11.6. The predicted molar refractivity (Wildman–Crippen MR) is 51.4 cm³/mol. The summed E-state index contributed by atoms with van der Waals surface area (Å²) in [6.45, 7) is 0. The van der Waals surface area contributed by atoms with Crippen LogP contribution in [0, 0.1) is 5.92 Å². The number of methoxy groups -OCH3 is 1. The highest BCUT2D eigenvalue weighted by molar-refractivity contribution is 5.78. The van der Waals surface area contributed by atoms with Crippen molar-refractivity contribution in [1.82, 2.24) is 4.90 Å². The minimum absolute atomic E-state index is 0.237. The molecule has 0 aromatic heterocycles. The second-order valence-corrected chi connectivity index (χ2v) is 3.94. The Hall–Kier alpha value is -0.570. The summed E-state index contributed by atoms with van der Waals surface area (Å²) in [5.41, 5.74) is 0. The standard InChI is InChI=1S/C10H19NO2/c1-11(2)10(12)8-4-6-9(13-3)7-5-8/h8-9H,4-7H2,1-3H3/t8-,9+. The molecule has 3 nitrogen and oxygen atoms in total. The highest BCUT2D eigenvalue weighted by Gasteiger charge is 2.26. The van der Waals surface area contributed by atoms with Crippen LogP contribution < -0.4 is 0 Å². The van der Waals surface area contributed by atoms with E-state index in [1.807, 2.05) is 14.1 Å². The van der Waals surface area contributed by atoms with Gasteiger partial charge in [0.1, 0.15) is 0 Å². The summed E-state index contributed by atoms with van der Waals surface area (Å²) in [6, 6.07) is 0. The van der Waals surface area contributed by atoms with E-state index in [0.717, 1.165) is 25.7 Å². The number of carbonyl (C=O) groups excluding carboxylic acids is 1. The molecule has 0 atom stereocenters. The highest BCUT2D eigenvalue weighted by Crippen LogP contribution is 2.26. The molecule has 1 amide bonds. The van der Waals surface area contributed by atoms with Crippen molar-refractivity contribution in [1.29, 1.82) is 0 Å². The Morgan fingerprint density at radius 3 is 2.15 bits per heavy atom. The van der Waals surface area contributed by atoms with E-state index in [9.17, 15) is 4.79 Å². The molecule has 0 aromatic carbocycles. The molecule has 0 aromatic rings. The van der Waals surface area contributed by atoms with Crippen molar-refractivity contribution in [3.63, 3.8) is 0 Å². The first-order chi connectivity index (χ1) is 6.15. The minimum atomic E-state index is 0.237. The molecule has 0 bridgehead atoms. The second-order valence-electron chi connectivity index (χ2n) is 3.94. The Kier molecular flexibility index (Phi) is 3.72. The van der Waals surface area contributed by atoms with Crippen molar-refractivity contribution in [2.24, 2.45) is 5.92 Å². The SMILES string of the molecule is CO[C@H]1CC[C@@H](C(=O)N(C)C)CC1. The van der Waals surface area contributed by atoms with Crippen LogP contribution in [0.25, 0.3) is 0 Å². The Morgan fingerprint density at radius 1 is 1.23 bits per heavy atom. The summed E-state index contributed by atoms with van der Waals surface area (Å²) in [6.07, 6.45) is 4.40. The molecule has 0 unspecified atom stereocenters. The van der Waals surface area contributed by atoms with Gasteiger partial charge in [-0.15, -0.1) is 0 Å². The van der Waals surface area contributed by atoms with Crippen LogP contribution in [0.1, 0.15) is 25.7 Å². The van der Waals surface area contributed by atoms with Gasteiger partial charge in [-0.05, 0) is 25.7 Å². The lowest BCUT2D eigenvalue weighted by molar-refractivity contribution is -0.134. The van der Waals surface area contributed by atoms with Crippen LogP contribution >= 0.6 is 0 Å². The molecule has 76 valence electrons. The van der Waals surface area contributed by atoms with Gasteiger partial charge in [-0.25, -0.2) is 0 Å². The zero-order chi connectivity index (χ0) is 9.84. The van der Waals surface area contributed by atoms with Crippen LogP contribution in [0.2, 0.25) is 0 Å². The summed E-state index contributed by atoms with van der Waals surface area (Å²) in [5.74, 6) is 0.510. The fraction of sp³-hybridized carbons (Fsp3) is 0.900. The third-order valence-electron chi connectivity index (χ3n) is 2.80. The second kappa shape index (κ2) is 4.61. The van der Waals surface area contributed by atoms with Crippen LogP contribution in [0.5, 0.6) is 0 Å². The number of carbonyl (C=O) groups is 1. The zero-order valence-corrected chi connectivity index (χ0v) is 8.75. The van der Waals surface area contributed by atoms with E-state index in [-0.39, 0.29) is 11.8 Å². The normalized spacial score (nSPS) is 28.5. The molecule has 1 rings (SSSR count). The molecular formula is C10H19NO2. The van der Waals surface area contributed by atoms with E-state index < -0.39 is 0 Å². The van der Waals surface area contributed by atoms with Gasteiger partial charge in [-0.1, -0.05) is 0 Å². The number of ether oxygens (including phenoxy) is 1. The average molecular weight is 185 g/mol. The fourth-order valence-corrected chi connectivity index (χ4v) is 1.91. The molecule has 0 heterocycles. The van der Waals surface area contributed by atoms with Gasteiger partial charge in [0.05, 0.1) is 6.10 Å². The molecule has 1 aliphatic rings. The molecule has 1 fully saturated rings. The van der Waals surface area contributed by atoms with Crippen LogP contribution in [0.3, 0.4) is 0 Å². The molecule has 0 saturated heterocycles. The van der Waals surface area contributed by atoms with Gasteiger partial charge in [-0.2, -0.15) is 0 Å². The molecular weight excluding hydrogens is 166 g/mol. The third kappa shape index (κ3) is 2.69. The quantitative estimate of drug-likeness (QED) is 0.648. The first-order valence-corrected chi connectivity index (χ1v) is 4.89. The first-order valence-electron chi connectivity index (χ1n) is 4.89. The summed E-state index contributed by atoms with van der Waals surface area (Å²) in [4.78, 5) is 13.3. The summed E-state index contributed by atoms with van der Waals surface area (Å²) in [7, 11) is 5.40. The van der Waals surface area contributed by atoms with Crippen molar-refractivity contribution in [2.45, 2.75) is 31.8 Å². The van der Waals surface area contributed by atoms with Gasteiger partial charge in [0.15, 0.2) is 0 Å². The molecule has 0 radical (unpaired) electrons. The van der Waals surface area contributed by atoms with Crippen molar-refractivity contribution in [3.05, 3.63) is 0 Å². The van der Waals surface area contributed by atoms with Gasteiger partial charge in [-0.3, -0.25) is 4.79 Å². The maximum Gasteiger partial charge on any atom is 0.225 e. The lowest BCUT2D eigenvalue weighted by Gasteiger charge is -2.28. The minimum Gasteiger partial charge on any atom is -0.381 e. The lowest BCUT2D eigenvalue weighted by atomic mass is 9.86. The molecule has 0 N–H and O–H groups in total. The molecule has 0 aliphatic heterocycles. The predicted octanol–water partition coefficient (Wildman–Crippen LogP) is 1.28. The number of hydrogen-bond donors (Lipinski definition) is 0. The zero-order valence-electron chi connectivity index (χ0n) is 8.75. The molecule has 3 heteroatoms. The summed E-state index contributed by atoms with van der Waals surface area (Å²) in [5, 5.41) is 0. The fourth-order valence-electron chi connectivity index (χ4n) is 1.91. The van der Waals surface area contributed by atoms with Gasteiger partial charge in [0.2, 0.25) is 5.91 Å². The van der Waals surface area contributed by atoms with E-state index in [1.54, 1.807) is 12.0 Å². The van der Waals surface area contributed by atoms with E-state index in [0.29, 0.717) is 6.10 Å². The number of rotatable bonds is 2. The van der Waals surface area contributed by atoms with Crippen molar-refractivity contribution in [2.75, 3.05) is 21.2 Å². The van der Waals surface area contributed by atoms with Crippen molar-refractivity contribution in [3.8, 4) is 0 Å². The van der Waals surface area contributed by atoms with Crippen LogP contribution in [-0.4, -0.2) is 38.1 Å². The van der Waals surface area contributed by atoms with Crippen LogP contribution in [0.15, 0.2) is 0 Å². The van der Waals surface area contributed by atoms with E-state index >= 15 is 0 Å². The van der Waals surface area contributed by atoms with Gasteiger partial charge < -0.3 is 9.64 Å². The Labute approximate surface area is 80.1 Å². The van der Waals surface area contributed by atoms with Crippen LogP contribution in [0.4, 0.5) is 0 Å². The van der Waals surface area contributed by atoms with E-state index in [2.05, 4.69) is 0 Å². The molecule has 1 aliphatic carbocycles. The largest absolute Gasteiger partial charge is 0.381 e.